The molecule has 3 atom stereocenters. The Hall–Kier alpha value is -1.55. The van der Waals surface area contributed by atoms with Crippen molar-refractivity contribution < 1.29 is 9.90 Å². The summed E-state index contributed by atoms with van der Waals surface area (Å²) in [5.74, 6) is 0.597. The highest BCUT2D eigenvalue weighted by Gasteiger charge is 2.27. The molecule has 1 aliphatic carbocycles. The highest BCUT2D eigenvalue weighted by molar-refractivity contribution is 5.78. The topological polar surface area (TPSA) is 61.4 Å². The molecule has 1 amide bonds. The van der Waals surface area contributed by atoms with E-state index in [4.69, 9.17) is 0 Å². The van der Waals surface area contributed by atoms with E-state index in [1.807, 2.05) is 12.1 Å². The Bertz CT molecular complexity index is 489. The first kappa shape index (κ1) is 13.4. The molecular formula is C16H22N2O2. The maximum atomic E-state index is 12.1. The normalized spacial score (nSPS) is 27.9. The fourth-order valence-corrected chi connectivity index (χ4v) is 3.34. The third-order valence-corrected chi connectivity index (χ3v) is 4.55. The third-order valence-electron chi connectivity index (χ3n) is 4.55. The van der Waals surface area contributed by atoms with Gasteiger partial charge in [0.15, 0.2) is 0 Å². The number of aliphatic hydroxyl groups is 1. The number of anilines is 1. The highest BCUT2D eigenvalue weighted by atomic mass is 16.3. The van der Waals surface area contributed by atoms with E-state index >= 15 is 0 Å². The lowest BCUT2D eigenvalue weighted by molar-refractivity contribution is -0.121. The number of rotatable bonds is 4. The lowest BCUT2D eigenvalue weighted by Crippen LogP contribution is -2.33. The molecule has 108 valence electrons. The molecule has 2 aliphatic rings. The van der Waals surface area contributed by atoms with Crippen molar-refractivity contribution in [1.82, 2.24) is 5.32 Å². The second kappa shape index (κ2) is 5.83. The first-order chi connectivity index (χ1) is 9.74. The predicted molar refractivity (Wildman–Crippen MR) is 78.6 cm³/mol. The zero-order chi connectivity index (χ0) is 13.9. The molecule has 4 heteroatoms. The summed E-state index contributed by atoms with van der Waals surface area (Å²) in [6, 6.07) is 8.18. The van der Waals surface area contributed by atoms with Crippen molar-refractivity contribution in [2.75, 3.05) is 18.4 Å². The number of para-hydroxylation sites is 1. The Balaban J connectivity index is 1.50. The minimum atomic E-state index is -0.232. The Morgan fingerprint density at radius 3 is 3.00 bits per heavy atom. The summed E-state index contributed by atoms with van der Waals surface area (Å²) in [5.41, 5.74) is 2.39. The average Bonchev–Trinajstić information content (AvgIpc) is 3.04. The molecule has 20 heavy (non-hydrogen) atoms. The molecule has 1 heterocycles. The van der Waals surface area contributed by atoms with Crippen LogP contribution >= 0.6 is 0 Å². The average molecular weight is 274 g/mol. The summed E-state index contributed by atoms with van der Waals surface area (Å²) >= 11 is 0. The van der Waals surface area contributed by atoms with Crippen molar-refractivity contribution in [1.29, 1.82) is 0 Å². The van der Waals surface area contributed by atoms with Crippen molar-refractivity contribution in [3.8, 4) is 0 Å². The van der Waals surface area contributed by atoms with Gasteiger partial charge in [-0.25, -0.2) is 0 Å². The van der Waals surface area contributed by atoms with Gasteiger partial charge in [-0.2, -0.15) is 0 Å². The summed E-state index contributed by atoms with van der Waals surface area (Å²) in [4.78, 5) is 12.1. The van der Waals surface area contributed by atoms with E-state index in [0.29, 0.717) is 13.0 Å². The first-order valence-electron chi connectivity index (χ1n) is 7.51. The van der Waals surface area contributed by atoms with Crippen LogP contribution in [0.2, 0.25) is 0 Å². The number of carbonyl (C=O) groups excluding carboxylic acids is 1. The largest absolute Gasteiger partial charge is 0.393 e. The molecule has 3 unspecified atom stereocenters. The molecule has 0 bridgehead atoms. The van der Waals surface area contributed by atoms with Gasteiger partial charge >= 0.3 is 0 Å². The van der Waals surface area contributed by atoms with E-state index in [0.717, 1.165) is 31.5 Å². The first-order valence-corrected chi connectivity index (χ1v) is 7.51. The minimum Gasteiger partial charge on any atom is -0.393 e. The zero-order valence-corrected chi connectivity index (χ0v) is 11.6. The number of nitrogens with one attached hydrogen (secondary N) is 2. The molecule has 1 aromatic carbocycles. The predicted octanol–water partition coefficient (Wildman–Crippen LogP) is 1.86. The summed E-state index contributed by atoms with van der Waals surface area (Å²) in [6.45, 7) is 1.45. The summed E-state index contributed by atoms with van der Waals surface area (Å²) in [5, 5.41) is 16.1. The van der Waals surface area contributed by atoms with Gasteiger partial charge in [-0.05, 0) is 24.5 Å². The lowest BCUT2D eigenvalue weighted by Gasteiger charge is -2.16. The number of amides is 1. The number of fused-ring (bicyclic) bond motifs is 1. The number of carbonyl (C=O) groups is 1. The zero-order valence-electron chi connectivity index (χ0n) is 11.6. The van der Waals surface area contributed by atoms with Crippen molar-refractivity contribution in [3.05, 3.63) is 29.8 Å². The van der Waals surface area contributed by atoms with Gasteiger partial charge < -0.3 is 15.7 Å². The number of hydrogen-bond donors (Lipinski definition) is 3. The van der Waals surface area contributed by atoms with Gasteiger partial charge in [-0.1, -0.05) is 24.6 Å². The molecule has 0 aromatic heterocycles. The molecule has 1 saturated carbocycles. The monoisotopic (exact) mass is 274 g/mol. The third kappa shape index (κ3) is 2.80. The van der Waals surface area contributed by atoms with Gasteiger partial charge in [0, 0.05) is 37.0 Å². The minimum absolute atomic E-state index is 0.0904. The molecule has 0 radical (unpaired) electrons. The number of hydrogen-bond acceptors (Lipinski definition) is 3. The van der Waals surface area contributed by atoms with Crippen molar-refractivity contribution in [3.63, 3.8) is 0 Å². The van der Waals surface area contributed by atoms with Crippen molar-refractivity contribution in [2.45, 2.75) is 37.7 Å². The molecule has 1 aromatic rings. The van der Waals surface area contributed by atoms with Gasteiger partial charge in [0.05, 0.1) is 6.10 Å². The van der Waals surface area contributed by atoms with Gasteiger partial charge in [-0.3, -0.25) is 4.79 Å². The van der Waals surface area contributed by atoms with Gasteiger partial charge in [0.2, 0.25) is 5.91 Å². The molecule has 1 fully saturated rings. The smallest absolute Gasteiger partial charge is 0.220 e. The van der Waals surface area contributed by atoms with Crippen LogP contribution in [0.15, 0.2) is 24.3 Å². The number of benzene rings is 1. The maximum Gasteiger partial charge on any atom is 0.220 e. The Morgan fingerprint density at radius 1 is 1.35 bits per heavy atom. The van der Waals surface area contributed by atoms with Crippen LogP contribution in [0, 0.1) is 5.92 Å². The van der Waals surface area contributed by atoms with E-state index < -0.39 is 0 Å². The molecule has 0 spiro atoms. The quantitative estimate of drug-likeness (QED) is 0.785. The van der Waals surface area contributed by atoms with E-state index in [9.17, 15) is 9.90 Å². The highest BCUT2D eigenvalue weighted by Crippen LogP contribution is 2.33. The van der Waals surface area contributed by atoms with Crippen LogP contribution < -0.4 is 10.6 Å². The van der Waals surface area contributed by atoms with E-state index in [1.165, 1.54) is 5.56 Å². The molecule has 4 nitrogen and oxygen atoms in total. The van der Waals surface area contributed by atoms with Gasteiger partial charge in [0.1, 0.15) is 0 Å². The maximum absolute atomic E-state index is 12.1. The summed E-state index contributed by atoms with van der Waals surface area (Å²) < 4.78 is 0. The van der Waals surface area contributed by atoms with Crippen LogP contribution in [0.1, 0.15) is 37.2 Å². The summed E-state index contributed by atoms with van der Waals surface area (Å²) in [6.07, 6.45) is 3.26. The molecule has 1 aliphatic heterocycles. The van der Waals surface area contributed by atoms with Crippen molar-refractivity contribution >= 4 is 11.6 Å². The van der Waals surface area contributed by atoms with E-state index in [1.54, 1.807) is 0 Å². The van der Waals surface area contributed by atoms with E-state index in [-0.39, 0.29) is 23.8 Å². The van der Waals surface area contributed by atoms with Crippen LogP contribution in [-0.2, 0) is 4.79 Å². The Morgan fingerprint density at radius 2 is 2.20 bits per heavy atom. The fourth-order valence-electron chi connectivity index (χ4n) is 3.34. The van der Waals surface area contributed by atoms with E-state index in [2.05, 4.69) is 22.8 Å². The Labute approximate surface area is 119 Å². The van der Waals surface area contributed by atoms with Crippen LogP contribution in [-0.4, -0.2) is 30.2 Å². The second-order valence-electron chi connectivity index (χ2n) is 5.93. The second-order valence-corrected chi connectivity index (χ2v) is 5.93. The fraction of sp³-hybridized carbons (Fsp3) is 0.562. The van der Waals surface area contributed by atoms with Gasteiger partial charge in [0.25, 0.3) is 0 Å². The van der Waals surface area contributed by atoms with Crippen LogP contribution in [0.5, 0.6) is 0 Å². The standard InChI is InChI=1S/C16H22N2O2/c19-15-7-3-4-11(15)9-18-16(20)8-12-10-17-14-6-2-1-5-13(12)14/h1-2,5-6,11-12,15,17,19H,3-4,7-10H2,(H,18,20). The van der Waals surface area contributed by atoms with Crippen molar-refractivity contribution in [2.24, 2.45) is 5.92 Å². The lowest BCUT2D eigenvalue weighted by atomic mass is 9.97. The molecular weight excluding hydrogens is 252 g/mol. The Kier molecular flexibility index (Phi) is 3.92. The molecule has 0 saturated heterocycles. The molecule has 3 rings (SSSR count). The van der Waals surface area contributed by atoms with Crippen LogP contribution in [0.4, 0.5) is 5.69 Å². The van der Waals surface area contributed by atoms with Crippen LogP contribution in [0.3, 0.4) is 0 Å². The summed E-state index contributed by atoms with van der Waals surface area (Å²) in [7, 11) is 0. The van der Waals surface area contributed by atoms with Crippen LogP contribution in [0.25, 0.3) is 0 Å². The number of aliphatic hydroxyl groups excluding tert-OH is 1. The SMILES string of the molecule is O=C(CC1CNc2ccccc21)NCC1CCCC1O. The molecule has 3 N–H and O–H groups in total. The van der Waals surface area contributed by atoms with Gasteiger partial charge in [-0.15, -0.1) is 0 Å².